The van der Waals surface area contributed by atoms with Crippen molar-refractivity contribution in [3.05, 3.63) is 38.7 Å². The molecule has 0 saturated heterocycles. The highest BCUT2D eigenvalue weighted by Gasteiger charge is 2.32. The van der Waals surface area contributed by atoms with Gasteiger partial charge in [0.05, 0.1) is 36.0 Å². The summed E-state index contributed by atoms with van der Waals surface area (Å²) in [6.45, 7) is 0. The fourth-order valence-electron chi connectivity index (χ4n) is 2.35. The van der Waals surface area contributed by atoms with Gasteiger partial charge in [-0.1, -0.05) is 22.8 Å². The summed E-state index contributed by atoms with van der Waals surface area (Å²) in [4.78, 5) is 12.0. The van der Waals surface area contributed by atoms with E-state index in [0.29, 0.717) is 0 Å². The highest BCUT2D eigenvalue weighted by Crippen LogP contribution is 2.37. The maximum Gasteiger partial charge on any atom is 0.355 e. The van der Waals surface area contributed by atoms with E-state index < -0.39 is 27.9 Å². The number of oxime groups is 1. The van der Waals surface area contributed by atoms with Gasteiger partial charge in [0, 0.05) is 12.0 Å². The number of ether oxygens (including phenoxy) is 2. The third-order valence-electron chi connectivity index (χ3n) is 3.52. The molecule has 1 aliphatic heterocycles. The van der Waals surface area contributed by atoms with E-state index in [1.165, 1.54) is 19.2 Å². The summed E-state index contributed by atoms with van der Waals surface area (Å²) in [6, 6.07) is 2.06. The number of nitrogens with one attached hydrogen (secondary N) is 1. The van der Waals surface area contributed by atoms with Gasteiger partial charge in [0.2, 0.25) is 0 Å². The minimum Gasteiger partial charge on any atom is -0.492 e. The molecule has 0 amide bonds. The molecule has 2 rings (SSSR count). The molecule has 0 aromatic heterocycles. The standard InChI is InChI=1S/C15H15BrClFN2O6S/c1-24-14-8(17)5-4-7(12(14)18)9-6-10(20-26-27(3,22)23)11(16)13(19-9)15(21)25-2/h4-5,9,19H,6H2,1-3H3. The van der Waals surface area contributed by atoms with Crippen LogP contribution in [-0.4, -0.2) is 40.6 Å². The zero-order valence-electron chi connectivity index (χ0n) is 14.4. The molecule has 0 aliphatic carbocycles. The monoisotopic (exact) mass is 484 g/mol. The van der Waals surface area contributed by atoms with Crippen molar-refractivity contribution < 1.29 is 31.4 Å². The number of nitrogens with zero attached hydrogens (tertiary/aromatic N) is 1. The van der Waals surface area contributed by atoms with Crippen molar-refractivity contribution in [2.45, 2.75) is 12.5 Å². The van der Waals surface area contributed by atoms with Gasteiger partial charge in [-0.3, -0.25) is 4.28 Å². The van der Waals surface area contributed by atoms with Crippen molar-refractivity contribution in [1.82, 2.24) is 5.32 Å². The van der Waals surface area contributed by atoms with Crippen LogP contribution in [0.4, 0.5) is 4.39 Å². The largest absolute Gasteiger partial charge is 0.492 e. The van der Waals surface area contributed by atoms with Crippen LogP contribution in [0.15, 0.2) is 27.5 Å². The first-order chi connectivity index (χ1) is 12.6. The van der Waals surface area contributed by atoms with Gasteiger partial charge in [0.25, 0.3) is 0 Å². The van der Waals surface area contributed by atoms with Gasteiger partial charge in [0.1, 0.15) is 11.4 Å². The van der Waals surface area contributed by atoms with Gasteiger partial charge in [-0.05, 0) is 22.0 Å². The van der Waals surface area contributed by atoms with Crippen LogP contribution in [0.5, 0.6) is 5.75 Å². The molecule has 1 heterocycles. The van der Waals surface area contributed by atoms with Crippen molar-refractivity contribution in [2.75, 3.05) is 20.5 Å². The number of halogens is 3. The van der Waals surface area contributed by atoms with Crippen molar-refractivity contribution in [3.63, 3.8) is 0 Å². The van der Waals surface area contributed by atoms with E-state index in [4.69, 9.17) is 16.3 Å². The molecule has 148 valence electrons. The Morgan fingerprint density at radius 1 is 1.41 bits per heavy atom. The highest BCUT2D eigenvalue weighted by atomic mass is 79.9. The van der Waals surface area contributed by atoms with Crippen molar-refractivity contribution in [2.24, 2.45) is 5.16 Å². The molecule has 8 nitrogen and oxygen atoms in total. The third-order valence-corrected chi connectivity index (χ3v) is 5.02. The summed E-state index contributed by atoms with van der Waals surface area (Å²) in [5.41, 5.74) is 0.125. The number of hydrogen-bond acceptors (Lipinski definition) is 8. The van der Waals surface area contributed by atoms with E-state index in [9.17, 15) is 17.6 Å². The molecule has 1 aromatic rings. The first-order valence-corrected chi connectivity index (χ1v) is 10.3. The predicted octanol–water partition coefficient (Wildman–Crippen LogP) is 2.63. The Balaban J connectivity index is 2.54. The number of methoxy groups -OCH3 is 2. The van der Waals surface area contributed by atoms with Crippen LogP contribution in [0, 0.1) is 5.82 Å². The smallest absolute Gasteiger partial charge is 0.355 e. The Labute approximate surface area is 168 Å². The van der Waals surface area contributed by atoms with Gasteiger partial charge in [0.15, 0.2) is 11.6 Å². The number of rotatable bonds is 5. The Morgan fingerprint density at radius 3 is 2.63 bits per heavy atom. The van der Waals surface area contributed by atoms with E-state index in [0.717, 1.165) is 13.4 Å². The highest BCUT2D eigenvalue weighted by molar-refractivity contribution is 9.12. The van der Waals surface area contributed by atoms with Gasteiger partial charge in [-0.2, -0.15) is 8.42 Å². The van der Waals surface area contributed by atoms with E-state index in [1.807, 2.05) is 0 Å². The van der Waals surface area contributed by atoms with E-state index in [2.05, 4.69) is 35.4 Å². The second kappa shape index (κ2) is 8.44. The Morgan fingerprint density at radius 2 is 2.07 bits per heavy atom. The lowest BCUT2D eigenvalue weighted by Crippen LogP contribution is -2.35. The number of benzene rings is 1. The summed E-state index contributed by atoms with van der Waals surface area (Å²) < 4.78 is 51.4. The lowest BCUT2D eigenvalue weighted by molar-refractivity contribution is -0.136. The summed E-state index contributed by atoms with van der Waals surface area (Å²) in [7, 11) is -1.44. The maximum atomic E-state index is 14.8. The number of carbonyl (C=O) groups is 1. The van der Waals surface area contributed by atoms with Crippen LogP contribution in [0.2, 0.25) is 5.02 Å². The topological polar surface area (TPSA) is 103 Å². The Kier molecular flexibility index (Phi) is 6.71. The second-order valence-corrected chi connectivity index (χ2v) is 8.14. The minimum atomic E-state index is -3.88. The zero-order chi connectivity index (χ0) is 20.4. The van der Waals surface area contributed by atoms with Crippen LogP contribution in [0.25, 0.3) is 0 Å². The van der Waals surface area contributed by atoms with Gasteiger partial charge >= 0.3 is 16.1 Å². The molecule has 1 unspecified atom stereocenters. The molecule has 1 N–H and O–H groups in total. The lowest BCUT2D eigenvalue weighted by Gasteiger charge is -2.28. The van der Waals surface area contributed by atoms with Crippen LogP contribution >= 0.6 is 27.5 Å². The summed E-state index contributed by atoms with van der Waals surface area (Å²) in [6.07, 6.45) is 0.816. The average molecular weight is 486 g/mol. The molecule has 0 saturated carbocycles. The van der Waals surface area contributed by atoms with Crippen LogP contribution in [0.3, 0.4) is 0 Å². The summed E-state index contributed by atoms with van der Waals surface area (Å²) in [5.74, 6) is -1.65. The van der Waals surface area contributed by atoms with E-state index in [-0.39, 0.29) is 38.6 Å². The summed E-state index contributed by atoms with van der Waals surface area (Å²) in [5, 5.41) is 6.48. The maximum absolute atomic E-state index is 14.8. The molecule has 1 aliphatic rings. The number of esters is 1. The molecule has 12 heteroatoms. The number of hydrogen-bond donors (Lipinski definition) is 1. The molecular formula is C15H15BrClFN2O6S. The first-order valence-electron chi connectivity index (χ1n) is 7.31. The Hall–Kier alpha value is -1.85. The third kappa shape index (κ3) is 4.90. The van der Waals surface area contributed by atoms with E-state index in [1.54, 1.807) is 0 Å². The van der Waals surface area contributed by atoms with Gasteiger partial charge in [-0.15, -0.1) is 0 Å². The molecular weight excluding hydrogens is 471 g/mol. The fraction of sp³-hybridized carbons (Fsp3) is 0.333. The van der Waals surface area contributed by atoms with Crippen molar-refractivity contribution in [1.29, 1.82) is 0 Å². The normalized spacial score (nSPS) is 18.9. The molecule has 0 spiro atoms. The molecule has 27 heavy (non-hydrogen) atoms. The van der Waals surface area contributed by atoms with Crippen molar-refractivity contribution in [3.8, 4) is 5.75 Å². The van der Waals surface area contributed by atoms with Crippen LogP contribution in [0.1, 0.15) is 18.0 Å². The van der Waals surface area contributed by atoms with Crippen molar-refractivity contribution >= 4 is 49.3 Å². The SMILES string of the molecule is COC(=O)C1=C(Br)C(=NOS(C)(=O)=O)CC(c2ccc(Cl)c(OC)c2F)N1. The molecule has 1 atom stereocenters. The minimum absolute atomic E-state index is 0.00168. The first kappa shape index (κ1) is 21.5. The van der Waals surface area contributed by atoms with Gasteiger partial charge < -0.3 is 14.8 Å². The quantitative estimate of drug-likeness (QED) is 0.505. The number of carbonyl (C=O) groups excluding carboxylic acids is 1. The van der Waals surface area contributed by atoms with Gasteiger partial charge in [-0.25, -0.2) is 9.18 Å². The van der Waals surface area contributed by atoms with Crippen LogP contribution in [-0.2, 0) is 23.9 Å². The predicted molar refractivity (Wildman–Crippen MR) is 99.8 cm³/mol. The second-order valence-electron chi connectivity index (χ2n) is 5.38. The average Bonchev–Trinajstić information content (AvgIpc) is 2.60. The molecule has 0 radical (unpaired) electrons. The molecule has 1 aromatic carbocycles. The summed E-state index contributed by atoms with van der Waals surface area (Å²) >= 11 is 9.07. The lowest BCUT2D eigenvalue weighted by atomic mass is 9.96. The van der Waals surface area contributed by atoms with E-state index >= 15 is 0 Å². The number of allylic oxidation sites excluding steroid dienone is 1. The fourth-order valence-corrected chi connectivity index (χ4v) is 3.31. The Bertz CT molecular complexity index is 934. The molecule has 0 fully saturated rings. The molecule has 0 bridgehead atoms. The van der Waals surface area contributed by atoms with Crippen LogP contribution < -0.4 is 10.1 Å². The zero-order valence-corrected chi connectivity index (χ0v) is 17.5.